The highest BCUT2D eigenvalue weighted by molar-refractivity contribution is 7.65. The second-order valence-electron chi connectivity index (χ2n) is 8.30. The molecule has 0 fully saturated rings. The number of hydrogen-bond donors (Lipinski definition) is 0. The van der Waals surface area contributed by atoms with Gasteiger partial charge in [-0.2, -0.15) is 0 Å². The molecular weight excluding hydrogens is 337 g/mol. The van der Waals surface area contributed by atoms with Gasteiger partial charge in [-0.05, 0) is 35.5 Å². The van der Waals surface area contributed by atoms with Gasteiger partial charge in [0, 0.05) is 21.7 Å². The van der Waals surface area contributed by atoms with Gasteiger partial charge in [0.2, 0.25) is 5.65 Å². The van der Waals surface area contributed by atoms with E-state index in [1.165, 1.54) is 49.4 Å². The van der Waals surface area contributed by atoms with E-state index < -0.39 is 0 Å². The molecule has 1 unspecified atom stereocenters. The number of amides is 1. The first-order valence-corrected chi connectivity index (χ1v) is 11.6. The Morgan fingerprint density at radius 3 is 2.12 bits per heavy atom. The SMILES string of the molecule is CCCCCCCCc1ccccc1PC(=O)N(CC(C)C)CC(C)C. The number of benzene rings is 1. The van der Waals surface area contributed by atoms with Crippen LogP contribution < -0.4 is 5.30 Å². The normalized spacial score (nSPS) is 11.8. The Bertz CT molecular complexity index is 503. The van der Waals surface area contributed by atoms with Crippen molar-refractivity contribution in [1.29, 1.82) is 0 Å². The van der Waals surface area contributed by atoms with Crippen molar-refractivity contribution in [1.82, 2.24) is 4.90 Å². The third kappa shape index (κ3) is 9.72. The molecule has 0 radical (unpaired) electrons. The van der Waals surface area contributed by atoms with Crippen LogP contribution in [0.3, 0.4) is 0 Å². The lowest BCUT2D eigenvalue weighted by atomic mass is 10.1. The van der Waals surface area contributed by atoms with E-state index in [1.807, 2.05) is 0 Å². The van der Waals surface area contributed by atoms with Crippen molar-refractivity contribution >= 4 is 19.5 Å². The molecule has 0 heterocycles. The highest BCUT2D eigenvalue weighted by Gasteiger charge is 2.17. The molecule has 1 aromatic rings. The molecule has 1 aromatic carbocycles. The summed E-state index contributed by atoms with van der Waals surface area (Å²) in [5.74, 6) is 1.03. The summed E-state index contributed by atoms with van der Waals surface area (Å²) in [5, 5.41) is 1.25. The summed E-state index contributed by atoms with van der Waals surface area (Å²) < 4.78 is 0. The second-order valence-corrected chi connectivity index (χ2v) is 9.51. The zero-order valence-electron chi connectivity index (χ0n) is 17.7. The highest BCUT2D eigenvalue weighted by Crippen LogP contribution is 2.22. The Hall–Kier alpha value is -0.880. The number of hydrogen-bond acceptors (Lipinski definition) is 1. The van der Waals surface area contributed by atoms with Crippen LogP contribution in [0.5, 0.6) is 0 Å². The monoisotopic (exact) mass is 377 g/mol. The molecule has 1 rings (SSSR count). The number of unbranched alkanes of at least 4 members (excludes halogenated alkanes) is 5. The predicted molar refractivity (Wildman–Crippen MR) is 118 cm³/mol. The summed E-state index contributed by atoms with van der Waals surface area (Å²) in [6.07, 6.45) is 9.01. The van der Waals surface area contributed by atoms with Crippen LogP contribution in [0.25, 0.3) is 0 Å². The summed E-state index contributed by atoms with van der Waals surface area (Å²) >= 11 is 0. The Balaban J connectivity index is 2.62. The minimum absolute atomic E-state index is 0.256. The molecule has 0 aliphatic heterocycles. The van der Waals surface area contributed by atoms with Gasteiger partial charge in [0.1, 0.15) is 0 Å². The molecule has 0 aliphatic carbocycles. The Kier molecular flexibility index (Phi) is 11.9. The number of carbonyl (C=O) groups excluding carboxylic acids is 1. The maximum atomic E-state index is 12.9. The zero-order valence-corrected chi connectivity index (χ0v) is 18.7. The summed E-state index contributed by atoms with van der Waals surface area (Å²) in [4.78, 5) is 15.0. The maximum absolute atomic E-state index is 12.9. The van der Waals surface area contributed by atoms with Gasteiger partial charge >= 0.3 is 0 Å². The summed E-state index contributed by atoms with van der Waals surface area (Å²) in [7, 11) is 0.256. The summed E-state index contributed by atoms with van der Waals surface area (Å²) in [6, 6.07) is 8.57. The maximum Gasteiger partial charge on any atom is 0.245 e. The molecule has 1 atom stereocenters. The number of aryl methyl sites for hydroxylation is 1. The Morgan fingerprint density at radius 2 is 1.50 bits per heavy atom. The van der Waals surface area contributed by atoms with Gasteiger partial charge < -0.3 is 4.90 Å². The van der Waals surface area contributed by atoms with Crippen molar-refractivity contribution in [3.05, 3.63) is 29.8 Å². The number of carbonyl (C=O) groups is 1. The smallest absolute Gasteiger partial charge is 0.245 e. The minimum atomic E-state index is 0.256. The van der Waals surface area contributed by atoms with E-state index >= 15 is 0 Å². The van der Waals surface area contributed by atoms with Gasteiger partial charge in [0.25, 0.3) is 0 Å². The van der Waals surface area contributed by atoms with Crippen LogP contribution in [0, 0.1) is 11.8 Å². The van der Waals surface area contributed by atoms with E-state index in [-0.39, 0.29) is 8.58 Å². The molecule has 0 saturated heterocycles. The molecule has 0 bridgehead atoms. The van der Waals surface area contributed by atoms with Gasteiger partial charge in [-0.15, -0.1) is 0 Å². The van der Waals surface area contributed by atoms with Gasteiger partial charge in [0.15, 0.2) is 0 Å². The topological polar surface area (TPSA) is 20.3 Å². The molecule has 3 heteroatoms. The standard InChI is InChI=1S/C23H40NOP/c1-6-7-8-9-10-11-14-21-15-12-13-16-22(21)26-23(25)24(17-19(2)3)18-20(4)5/h12-13,15-16,19-20,26H,6-11,14,17-18H2,1-5H3. The van der Waals surface area contributed by atoms with Crippen LogP contribution in [0.1, 0.15) is 78.7 Å². The predicted octanol–water partition coefficient (Wildman–Crippen LogP) is 6.63. The van der Waals surface area contributed by atoms with Crippen molar-refractivity contribution in [3.8, 4) is 0 Å². The fourth-order valence-corrected chi connectivity index (χ4v) is 4.39. The third-order valence-corrected chi connectivity index (χ3v) is 5.80. The van der Waals surface area contributed by atoms with Crippen LogP contribution in [-0.2, 0) is 6.42 Å². The molecule has 0 aliphatic rings. The Morgan fingerprint density at radius 1 is 0.923 bits per heavy atom. The van der Waals surface area contributed by atoms with Gasteiger partial charge in [-0.1, -0.05) is 91.0 Å². The Labute approximate surface area is 163 Å². The first-order valence-electron chi connectivity index (χ1n) is 10.6. The van der Waals surface area contributed by atoms with Crippen molar-refractivity contribution in [3.63, 3.8) is 0 Å². The van der Waals surface area contributed by atoms with Crippen molar-refractivity contribution in [2.45, 2.75) is 79.6 Å². The van der Waals surface area contributed by atoms with Gasteiger partial charge in [0.05, 0.1) is 0 Å². The average molecular weight is 378 g/mol. The van der Waals surface area contributed by atoms with Crippen LogP contribution in [0.15, 0.2) is 24.3 Å². The minimum Gasteiger partial charge on any atom is -0.339 e. The largest absolute Gasteiger partial charge is 0.339 e. The second kappa shape index (κ2) is 13.3. The van der Waals surface area contributed by atoms with Crippen molar-refractivity contribution in [2.75, 3.05) is 13.1 Å². The number of rotatable bonds is 13. The lowest BCUT2D eigenvalue weighted by Gasteiger charge is -2.26. The van der Waals surface area contributed by atoms with Gasteiger partial charge in [-0.25, -0.2) is 0 Å². The summed E-state index contributed by atoms with van der Waals surface area (Å²) in [5.41, 5.74) is 1.69. The average Bonchev–Trinajstić information content (AvgIpc) is 2.58. The van der Waals surface area contributed by atoms with Crippen molar-refractivity contribution < 1.29 is 4.79 Å². The fraction of sp³-hybridized carbons (Fsp3) is 0.696. The van der Waals surface area contributed by atoms with E-state index in [9.17, 15) is 4.79 Å². The first-order chi connectivity index (χ1) is 12.4. The quantitative estimate of drug-likeness (QED) is 0.279. The van der Waals surface area contributed by atoms with Gasteiger partial charge in [-0.3, -0.25) is 4.79 Å². The van der Waals surface area contributed by atoms with Crippen LogP contribution in [0.4, 0.5) is 4.79 Å². The molecule has 0 spiro atoms. The zero-order chi connectivity index (χ0) is 19.4. The lowest BCUT2D eigenvalue weighted by molar-refractivity contribution is 0.207. The van der Waals surface area contributed by atoms with Crippen LogP contribution >= 0.6 is 8.58 Å². The van der Waals surface area contributed by atoms with E-state index in [4.69, 9.17) is 0 Å². The summed E-state index contributed by atoms with van der Waals surface area (Å²) in [6.45, 7) is 12.8. The fourth-order valence-electron chi connectivity index (χ4n) is 3.27. The van der Waals surface area contributed by atoms with E-state index in [0.29, 0.717) is 17.5 Å². The molecule has 148 valence electrons. The lowest BCUT2D eigenvalue weighted by Crippen LogP contribution is -2.34. The highest BCUT2D eigenvalue weighted by atomic mass is 31.1. The van der Waals surface area contributed by atoms with E-state index in [1.54, 1.807) is 0 Å². The molecule has 2 nitrogen and oxygen atoms in total. The molecule has 1 amide bonds. The van der Waals surface area contributed by atoms with Crippen LogP contribution in [-0.4, -0.2) is 23.6 Å². The number of nitrogens with zero attached hydrogens (tertiary/aromatic N) is 1. The van der Waals surface area contributed by atoms with E-state index in [2.05, 4.69) is 63.8 Å². The molecule has 0 N–H and O–H groups in total. The van der Waals surface area contributed by atoms with E-state index in [0.717, 1.165) is 19.5 Å². The molecule has 0 saturated carbocycles. The molecule has 26 heavy (non-hydrogen) atoms. The third-order valence-electron chi connectivity index (χ3n) is 4.52. The molecule has 0 aromatic heterocycles. The first kappa shape index (κ1) is 23.2. The van der Waals surface area contributed by atoms with Crippen LogP contribution in [0.2, 0.25) is 0 Å². The molecular formula is C23H40NOP. The van der Waals surface area contributed by atoms with Crippen molar-refractivity contribution in [2.24, 2.45) is 11.8 Å².